The van der Waals surface area contributed by atoms with Gasteiger partial charge in [-0.05, 0) is 43.8 Å². The molecular formula is C15H31NO3Si. The maximum absolute atomic E-state index is 11.3. The number of carbonyl (C=O) groups is 1. The van der Waals surface area contributed by atoms with Crippen molar-refractivity contribution in [2.75, 3.05) is 6.61 Å². The maximum atomic E-state index is 11.3. The Labute approximate surface area is 124 Å². The average molecular weight is 302 g/mol. The summed E-state index contributed by atoms with van der Waals surface area (Å²) < 4.78 is 6.07. The van der Waals surface area contributed by atoms with Crippen molar-refractivity contribution < 1.29 is 14.3 Å². The van der Waals surface area contributed by atoms with E-state index < -0.39 is 8.32 Å². The van der Waals surface area contributed by atoms with Gasteiger partial charge in [0.25, 0.3) is 0 Å². The van der Waals surface area contributed by atoms with Crippen LogP contribution in [0.2, 0.25) is 18.1 Å². The van der Waals surface area contributed by atoms with Crippen LogP contribution in [0.4, 0.5) is 0 Å². The molecule has 2 atom stereocenters. The third-order valence-electron chi connectivity index (χ3n) is 4.60. The van der Waals surface area contributed by atoms with E-state index in [-0.39, 0.29) is 23.1 Å². The van der Waals surface area contributed by atoms with Crippen LogP contribution in [0, 0.1) is 0 Å². The first kappa shape index (κ1) is 17.7. The molecule has 1 amide bonds. The van der Waals surface area contributed by atoms with Gasteiger partial charge in [-0.25, -0.2) is 0 Å². The number of hydrogen-bond donors (Lipinski definition) is 2. The van der Waals surface area contributed by atoms with E-state index in [0.29, 0.717) is 25.9 Å². The molecule has 1 aliphatic rings. The van der Waals surface area contributed by atoms with Gasteiger partial charge < -0.3 is 14.8 Å². The van der Waals surface area contributed by atoms with E-state index in [1.54, 1.807) is 0 Å². The highest BCUT2D eigenvalue weighted by Crippen LogP contribution is 2.36. The van der Waals surface area contributed by atoms with E-state index in [4.69, 9.17) is 4.43 Å². The van der Waals surface area contributed by atoms with Gasteiger partial charge in [-0.2, -0.15) is 0 Å². The van der Waals surface area contributed by atoms with Gasteiger partial charge in [-0.3, -0.25) is 4.79 Å². The molecule has 0 radical (unpaired) electrons. The van der Waals surface area contributed by atoms with Gasteiger partial charge in [0, 0.05) is 19.1 Å². The maximum Gasteiger partial charge on any atom is 0.220 e. The monoisotopic (exact) mass is 301 g/mol. The summed E-state index contributed by atoms with van der Waals surface area (Å²) in [4.78, 5) is 11.3. The smallest absolute Gasteiger partial charge is 0.220 e. The summed E-state index contributed by atoms with van der Waals surface area (Å²) in [5, 5.41) is 13.2. The summed E-state index contributed by atoms with van der Waals surface area (Å²) >= 11 is 0. The zero-order valence-corrected chi connectivity index (χ0v) is 14.7. The van der Waals surface area contributed by atoms with Crippen molar-refractivity contribution >= 4 is 14.2 Å². The molecule has 2 N–H and O–H groups in total. The Hall–Kier alpha value is -0.393. The largest absolute Gasteiger partial charge is 0.417 e. The molecule has 0 spiro atoms. The quantitative estimate of drug-likeness (QED) is 0.742. The van der Waals surface area contributed by atoms with Crippen molar-refractivity contribution in [1.82, 2.24) is 5.32 Å². The van der Waals surface area contributed by atoms with Crippen LogP contribution in [0.3, 0.4) is 0 Å². The first-order valence-corrected chi connectivity index (χ1v) is 10.6. The average Bonchev–Trinajstić information content (AvgIpc) is 2.26. The molecule has 0 bridgehead atoms. The Balaban J connectivity index is 2.26. The third kappa shape index (κ3) is 5.54. The van der Waals surface area contributed by atoms with E-state index >= 15 is 0 Å². The van der Waals surface area contributed by atoms with Crippen molar-refractivity contribution in [2.45, 2.75) is 83.2 Å². The normalized spacial score (nSPS) is 22.5. The Morgan fingerprint density at radius 1 is 1.45 bits per heavy atom. The summed E-state index contributed by atoms with van der Waals surface area (Å²) in [6.07, 6.45) is 3.45. The summed E-state index contributed by atoms with van der Waals surface area (Å²) in [7, 11) is -1.72. The van der Waals surface area contributed by atoms with Gasteiger partial charge in [-0.15, -0.1) is 0 Å². The predicted molar refractivity (Wildman–Crippen MR) is 84.2 cm³/mol. The Morgan fingerprint density at radius 3 is 2.65 bits per heavy atom. The lowest BCUT2D eigenvalue weighted by Crippen LogP contribution is -2.42. The van der Waals surface area contributed by atoms with Crippen LogP contribution >= 0.6 is 0 Å². The van der Waals surface area contributed by atoms with Crippen molar-refractivity contribution in [3.8, 4) is 0 Å². The van der Waals surface area contributed by atoms with E-state index in [1.165, 1.54) is 0 Å². The summed E-state index contributed by atoms with van der Waals surface area (Å²) in [5.74, 6) is 0.117. The van der Waals surface area contributed by atoms with E-state index in [1.807, 2.05) is 0 Å². The molecule has 0 unspecified atom stereocenters. The molecule has 0 aromatic carbocycles. The van der Waals surface area contributed by atoms with Crippen molar-refractivity contribution in [3.63, 3.8) is 0 Å². The van der Waals surface area contributed by atoms with Gasteiger partial charge in [0.05, 0.1) is 6.10 Å². The second-order valence-electron chi connectivity index (χ2n) is 7.44. The van der Waals surface area contributed by atoms with Crippen LogP contribution in [-0.2, 0) is 9.22 Å². The number of rotatable bonds is 6. The minimum atomic E-state index is -1.72. The molecule has 1 aliphatic heterocycles. The predicted octanol–water partition coefficient (Wildman–Crippen LogP) is 2.82. The third-order valence-corrected chi connectivity index (χ3v) is 9.14. The number of piperidine rings is 1. The molecule has 20 heavy (non-hydrogen) atoms. The highest BCUT2D eigenvalue weighted by Gasteiger charge is 2.37. The fourth-order valence-electron chi connectivity index (χ4n) is 2.17. The molecule has 0 aliphatic carbocycles. The lowest BCUT2D eigenvalue weighted by atomic mass is 9.98. The number of aliphatic hydroxyl groups excluding tert-OH is 1. The van der Waals surface area contributed by atoms with Crippen LogP contribution < -0.4 is 5.32 Å². The molecule has 1 heterocycles. The Morgan fingerprint density at radius 2 is 2.10 bits per heavy atom. The molecule has 0 saturated carbocycles. The Bertz CT molecular complexity index is 326. The molecule has 4 nitrogen and oxygen atoms in total. The number of hydrogen-bond acceptors (Lipinski definition) is 3. The zero-order chi connectivity index (χ0) is 15.4. The van der Waals surface area contributed by atoms with Crippen LogP contribution in [0.5, 0.6) is 0 Å². The highest BCUT2D eigenvalue weighted by molar-refractivity contribution is 6.74. The van der Waals surface area contributed by atoms with Gasteiger partial charge in [0.2, 0.25) is 5.91 Å². The van der Waals surface area contributed by atoms with Crippen LogP contribution in [0.15, 0.2) is 0 Å². The Kier molecular flexibility index (Phi) is 6.22. The number of aliphatic hydroxyl groups is 1. The molecule has 118 valence electrons. The van der Waals surface area contributed by atoms with Crippen LogP contribution in [0.25, 0.3) is 0 Å². The van der Waals surface area contributed by atoms with Crippen LogP contribution in [0.1, 0.15) is 52.9 Å². The lowest BCUT2D eigenvalue weighted by Gasteiger charge is -2.36. The second kappa shape index (κ2) is 7.05. The van der Waals surface area contributed by atoms with Crippen LogP contribution in [-0.4, -0.2) is 38.1 Å². The molecule has 5 heteroatoms. The van der Waals surface area contributed by atoms with Gasteiger partial charge in [0.15, 0.2) is 8.32 Å². The first-order valence-electron chi connectivity index (χ1n) is 7.73. The fraction of sp³-hybridized carbons (Fsp3) is 0.933. The van der Waals surface area contributed by atoms with E-state index in [9.17, 15) is 9.90 Å². The lowest BCUT2D eigenvalue weighted by molar-refractivity contribution is -0.123. The van der Waals surface area contributed by atoms with Gasteiger partial charge in [0.1, 0.15) is 0 Å². The minimum absolute atomic E-state index is 0.117. The van der Waals surface area contributed by atoms with Gasteiger partial charge >= 0.3 is 0 Å². The zero-order valence-electron chi connectivity index (χ0n) is 13.7. The fourth-order valence-corrected chi connectivity index (χ4v) is 3.23. The highest BCUT2D eigenvalue weighted by atomic mass is 28.4. The molecule has 1 saturated heterocycles. The minimum Gasteiger partial charge on any atom is -0.417 e. The first-order chi connectivity index (χ1) is 9.12. The van der Waals surface area contributed by atoms with E-state index in [0.717, 1.165) is 12.8 Å². The number of nitrogens with one attached hydrogen (secondary N) is 1. The SMILES string of the molecule is CC(C)(C)[Si](C)(C)OCC[C@@H](O)C[C@H]1CCCC(=O)N1. The molecule has 0 aromatic rings. The standard InChI is InChI=1S/C15H31NO3Si/c1-15(2,3)20(4,5)19-10-9-13(17)11-12-7-6-8-14(18)16-12/h12-13,17H,6-11H2,1-5H3,(H,16,18)/t12-,13-/m1/s1. The molecular weight excluding hydrogens is 270 g/mol. The number of carbonyl (C=O) groups excluding carboxylic acids is 1. The molecule has 0 aromatic heterocycles. The van der Waals surface area contributed by atoms with E-state index in [2.05, 4.69) is 39.2 Å². The van der Waals surface area contributed by atoms with Crippen molar-refractivity contribution in [3.05, 3.63) is 0 Å². The van der Waals surface area contributed by atoms with Crippen molar-refractivity contribution in [2.24, 2.45) is 0 Å². The van der Waals surface area contributed by atoms with Gasteiger partial charge in [-0.1, -0.05) is 20.8 Å². The molecule has 1 rings (SSSR count). The molecule has 1 fully saturated rings. The second-order valence-corrected chi connectivity index (χ2v) is 12.3. The topological polar surface area (TPSA) is 58.6 Å². The number of amides is 1. The summed E-state index contributed by atoms with van der Waals surface area (Å²) in [6.45, 7) is 11.7. The summed E-state index contributed by atoms with van der Waals surface area (Å²) in [6, 6.07) is 0.138. The van der Waals surface area contributed by atoms with Crippen molar-refractivity contribution in [1.29, 1.82) is 0 Å². The summed E-state index contributed by atoms with van der Waals surface area (Å²) in [5.41, 5.74) is 0.